The number of pyridine rings is 1. The summed E-state index contributed by atoms with van der Waals surface area (Å²) in [5.74, 6) is -0.271. The third kappa shape index (κ3) is 4.72. The van der Waals surface area contributed by atoms with Crippen molar-refractivity contribution in [3.63, 3.8) is 0 Å². The topological polar surface area (TPSA) is 71.5 Å². The lowest BCUT2D eigenvalue weighted by atomic mass is 10.0. The minimum atomic E-state index is -0.986. The molecule has 1 unspecified atom stereocenters. The Balaban J connectivity index is 2.54. The fourth-order valence-electron chi connectivity index (χ4n) is 1.33. The Hall–Kier alpha value is -0.980. The van der Waals surface area contributed by atoms with E-state index in [2.05, 4.69) is 26.2 Å². The molecule has 0 aromatic carbocycles. The maximum absolute atomic E-state index is 11.9. The first-order valence-electron chi connectivity index (χ1n) is 5.56. The Morgan fingerprint density at radius 2 is 2.39 bits per heavy atom. The molecule has 0 fully saturated rings. The highest BCUT2D eigenvalue weighted by Gasteiger charge is 2.21. The molecular weight excluding hydrogens is 300 g/mol. The molecule has 1 atom stereocenters. The van der Waals surface area contributed by atoms with E-state index in [1.165, 1.54) is 0 Å². The van der Waals surface area contributed by atoms with Crippen LogP contribution in [0.15, 0.2) is 22.9 Å². The van der Waals surface area contributed by atoms with Crippen molar-refractivity contribution in [2.24, 2.45) is 0 Å². The van der Waals surface area contributed by atoms with Gasteiger partial charge >= 0.3 is 0 Å². The van der Waals surface area contributed by atoms with Crippen LogP contribution in [0.1, 0.15) is 23.7 Å². The van der Waals surface area contributed by atoms with Crippen molar-refractivity contribution in [3.8, 4) is 0 Å². The van der Waals surface area contributed by atoms with Crippen LogP contribution < -0.4 is 5.32 Å². The van der Waals surface area contributed by atoms with Crippen LogP contribution >= 0.6 is 15.9 Å². The van der Waals surface area contributed by atoms with Crippen LogP contribution in [-0.4, -0.2) is 41.9 Å². The average Bonchev–Trinajstić information content (AvgIpc) is 2.34. The molecule has 0 saturated carbocycles. The number of halogens is 1. The van der Waals surface area contributed by atoms with Gasteiger partial charge in [-0.25, -0.2) is 4.98 Å². The molecule has 0 aliphatic rings. The summed E-state index contributed by atoms with van der Waals surface area (Å²) in [6, 6.07) is 3.35. The molecule has 0 aliphatic carbocycles. The average molecular weight is 317 g/mol. The van der Waals surface area contributed by atoms with Crippen LogP contribution in [0.2, 0.25) is 0 Å². The molecule has 0 bridgehead atoms. The Kier molecular flexibility index (Phi) is 5.71. The number of carbonyl (C=O) groups is 1. The molecule has 1 aromatic heterocycles. The van der Waals surface area contributed by atoms with Crippen molar-refractivity contribution in [2.75, 3.05) is 20.3 Å². The molecule has 1 amide bonds. The first kappa shape index (κ1) is 15.1. The molecule has 1 heterocycles. The second-order valence-corrected chi connectivity index (χ2v) is 5.02. The Morgan fingerprint density at radius 1 is 1.67 bits per heavy atom. The van der Waals surface area contributed by atoms with Gasteiger partial charge in [0, 0.05) is 32.9 Å². The zero-order chi connectivity index (χ0) is 13.6. The summed E-state index contributed by atoms with van der Waals surface area (Å²) in [5, 5.41) is 12.7. The maximum atomic E-state index is 11.9. The summed E-state index contributed by atoms with van der Waals surface area (Å²) in [6.45, 7) is 2.26. The number of amides is 1. The van der Waals surface area contributed by atoms with Gasteiger partial charge < -0.3 is 15.2 Å². The summed E-state index contributed by atoms with van der Waals surface area (Å²) in [5.41, 5.74) is -0.541. The predicted octanol–water partition coefficient (Wildman–Crippen LogP) is 1.36. The van der Waals surface area contributed by atoms with Crippen molar-refractivity contribution < 1.29 is 14.6 Å². The van der Waals surface area contributed by atoms with E-state index in [9.17, 15) is 9.90 Å². The fraction of sp³-hybridized carbons (Fsp3) is 0.500. The predicted molar refractivity (Wildman–Crippen MR) is 71.4 cm³/mol. The smallest absolute Gasteiger partial charge is 0.254 e. The first-order chi connectivity index (χ1) is 8.46. The summed E-state index contributed by atoms with van der Waals surface area (Å²) >= 11 is 3.20. The van der Waals surface area contributed by atoms with Crippen molar-refractivity contribution in [1.82, 2.24) is 10.3 Å². The third-order valence-corrected chi connectivity index (χ3v) is 3.11. The van der Waals surface area contributed by atoms with Gasteiger partial charge in [0.15, 0.2) is 0 Å². The second-order valence-electron chi connectivity index (χ2n) is 4.26. The van der Waals surface area contributed by atoms with E-state index in [1.807, 2.05) is 0 Å². The molecule has 1 rings (SSSR count). The van der Waals surface area contributed by atoms with Gasteiger partial charge in [-0.05, 0) is 35.0 Å². The van der Waals surface area contributed by atoms with Gasteiger partial charge in [-0.3, -0.25) is 4.79 Å². The number of hydrogen-bond donors (Lipinski definition) is 2. The van der Waals surface area contributed by atoms with Crippen LogP contribution in [0, 0.1) is 0 Å². The molecule has 0 spiro atoms. The zero-order valence-corrected chi connectivity index (χ0v) is 12.0. The SMILES string of the molecule is COCCC(C)(O)CNC(=O)c1cccnc1Br. The number of rotatable bonds is 6. The molecule has 0 saturated heterocycles. The van der Waals surface area contributed by atoms with Crippen LogP contribution in [0.4, 0.5) is 0 Å². The van der Waals surface area contributed by atoms with Gasteiger partial charge in [0.1, 0.15) is 4.60 Å². The largest absolute Gasteiger partial charge is 0.388 e. The van der Waals surface area contributed by atoms with E-state index >= 15 is 0 Å². The second kappa shape index (κ2) is 6.82. The van der Waals surface area contributed by atoms with Crippen molar-refractivity contribution >= 4 is 21.8 Å². The third-order valence-electron chi connectivity index (χ3n) is 2.48. The molecule has 18 heavy (non-hydrogen) atoms. The number of methoxy groups -OCH3 is 1. The number of nitrogens with zero attached hydrogens (tertiary/aromatic N) is 1. The summed E-state index contributed by atoms with van der Waals surface area (Å²) in [4.78, 5) is 15.8. The quantitative estimate of drug-likeness (QED) is 0.777. The van der Waals surface area contributed by atoms with E-state index in [1.54, 1.807) is 32.4 Å². The zero-order valence-electron chi connectivity index (χ0n) is 10.4. The number of hydrogen-bond acceptors (Lipinski definition) is 4. The van der Waals surface area contributed by atoms with E-state index in [0.717, 1.165) is 0 Å². The molecule has 5 nitrogen and oxygen atoms in total. The number of nitrogens with one attached hydrogen (secondary N) is 1. The highest BCUT2D eigenvalue weighted by molar-refractivity contribution is 9.10. The van der Waals surface area contributed by atoms with E-state index < -0.39 is 5.60 Å². The Bertz CT molecular complexity index is 410. The van der Waals surface area contributed by atoms with Crippen molar-refractivity contribution in [3.05, 3.63) is 28.5 Å². The number of ether oxygens (including phenoxy) is 1. The van der Waals surface area contributed by atoms with E-state index in [4.69, 9.17) is 4.74 Å². The summed E-state index contributed by atoms with van der Waals surface area (Å²) < 4.78 is 5.38. The van der Waals surface area contributed by atoms with Crippen molar-refractivity contribution in [2.45, 2.75) is 18.9 Å². The Labute approximate surface area is 115 Å². The standard InChI is InChI=1S/C12H17BrN2O3/c1-12(17,5-7-18-2)8-15-11(16)9-4-3-6-14-10(9)13/h3-4,6,17H,5,7-8H2,1-2H3,(H,15,16). The summed E-state index contributed by atoms with van der Waals surface area (Å²) in [6.07, 6.45) is 2.05. The molecule has 0 aliphatic heterocycles. The van der Waals surface area contributed by atoms with Gasteiger partial charge in [0.2, 0.25) is 0 Å². The van der Waals surface area contributed by atoms with Gasteiger partial charge in [0.05, 0.1) is 11.2 Å². The molecule has 0 radical (unpaired) electrons. The lowest BCUT2D eigenvalue weighted by molar-refractivity contribution is 0.0243. The van der Waals surface area contributed by atoms with Crippen LogP contribution in [-0.2, 0) is 4.74 Å². The van der Waals surface area contributed by atoms with Crippen molar-refractivity contribution in [1.29, 1.82) is 0 Å². The van der Waals surface area contributed by atoms with Gasteiger partial charge in [-0.1, -0.05) is 0 Å². The molecular formula is C12H17BrN2O3. The highest BCUT2D eigenvalue weighted by Crippen LogP contribution is 2.13. The molecule has 6 heteroatoms. The lowest BCUT2D eigenvalue weighted by Gasteiger charge is -2.23. The fourth-order valence-corrected chi connectivity index (χ4v) is 1.76. The van der Waals surface area contributed by atoms with Crippen LogP contribution in [0.3, 0.4) is 0 Å². The lowest BCUT2D eigenvalue weighted by Crippen LogP contribution is -2.41. The first-order valence-corrected chi connectivity index (χ1v) is 6.35. The maximum Gasteiger partial charge on any atom is 0.254 e. The van der Waals surface area contributed by atoms with Gasteiger partial charge in [0.25, 0.3) is 5.91 Å². The minimum Gasteiger partial charge on any atom is -0.388 e. The Morgan fingerprint density at radius 3 is 3.00 bits per heavy atom. The minimum absolute atomic E-state index is 0.163. The number of aliphatic hydroxyl groups is 1. The van der Waals surface area contributed by atoms with Crippen LogP contribution in [0.25, 0.3) is 0 Å². The summed E-state index contributed by atoms with van der Waals surface area (Å²) in [7, 11) is 1.57. The molecule has 2 N–H and O–H groups in total. The van der Waals surface area contributed by atoms with E-state index in [0.29, 0.717) is 23.2 Å². The van der Waals surface area contributed by atoms with Gasteiger partial charge in [-0.2, -0.15) is 0 Å². The normalized spacial score (nSPS) is 14.0. The van der Waals surface area contributed by atoms with Crippen LogP contribution in [0.5, 0.6) is 0 Å². The monoisotopic (exact) mass is 316 g/mol. The number of carbonyl (C=O) groups excluding carboxylic acids is 1. The highest BCUT2D eigenvalue weighted by atomic mass is 79.9. The molecule has 1 aromatic rings. The van der Waals surface area contributed by atoms with E-state index in [-0.39, 0.29) is 12.5 Å². The van der Waals surface area contributed by atoms with Gasteiger partial charge in [-0.15, -0.1) is 0 Å². The molecule has 100 valence electrons. The number of aromatic nitrogens is 1.